The predicted octanol–water partition coefficient (Wildman–Crippen LogP) is 6.77. The van der Waals surface area contributed by atoms with E-state index in [1.807, 2.05) is 4.90 Å². The van der Waals surface area contributed by atoms with Crippen LogP contribution in [0.25, 0.3) is 0 Å². The second-order valence-corrected chi connectivity index (χ2v) is 10.8. The number of hydrogen-bond donors (Lipinski definition) is 1. The van der Waals surface area contributed by atoms with Crippen LogP contribution in [-0.4, -0.2) is 60.6 Å². The van der Waals surface area contributed by atoms with E-state index in [2.05, 4.69) is 9.97 Å². The molecule has 3 aromatic rings. The number of hydrogen-bond acceptors (Lipinski definition) is 7. The molecule has 0 bridgehead atoms. The SMILES string of the molecule is CC[C@@H]1C[C@H](N(Cc2cc(C(F)(F)F)cc(C(F)(F)F)c2)c2ncc(N3CCOCC3)cn2)c2cc(OC)ccc2N1C(=O)O. The minimum absolute atomic E-state index is 0.0513. The highest BCUT2D eigenvalue weighted by molar-refractivity contribution is 5.89. The zero-order chi connectivity index (χ0) is 32.5. The van der Waals surface area contributed by atoms with Crippen LogP contribution in [0, 0.1) is 0 Å². The number of methoxy groups -OCH3 is 1. The fourth-order valence-corrected chi connectivity index (χ4v) is 5.81. The summed E-state index contributed by atoms with van der Waals surface area (Å²) in [4.78, 5) is 26.1. The zero-order valence-corrected chi connectivity index (χ0v) is 24.4. The Hall–Kier alpha value is -4.27. The summed E-state index contributed by atoms with van der Waals surface area (Å²) in [7, 11) is 1.43. The van der Waals surface area contributed by atoms with Crippen LogP contribution in [0.4, 0.5) is 48.5 Å². The van der Waals surface area contributed by atoms with Crippen LogP contribution in [0.3, 0.4) is 0 Å². The Balaban J connectivity index is 1.66. The number of halogens is 6. The number of rotatable bonds is 7. The maximum absolute atomic E-state index is 13.8. The van der Waals surface area contributed by atoms with Crippen molar-refractivity contribution in [2.75, 3.05) is 48.1 Å². The number of aromatic nitrogens is 2. The molecule has 0 radical (unpaired) electrons. The molecular weight excluding hydrogens is 608 g/mol. The van der Waals surface area contributed by atoms with Crippen molar-refractivity contribution in [3.8, 4) is 5.75 Å². The van der Waals surface area contributed by atoms with E-state index in [1.54, 1.807) is 37.5 Å². The van der Waals surface area contributed by atoms with E-state index in [1.165, 1.54) is 16.9 Å². The predicted molar refractivity (Wildman–Crippen MR) is 153 cm³/mol. The Labute approximate surface area is 255 Å². The molecule has 2 aliphatic heterocycles. The number of anilines is 3. The van der Waals surface area contributed by atoms with Gasteiger partial charge in [-0.05, 0) is 54.8 Å². The van der Waals surface area contributed by atoms with E-state index >= 15 is 0 Å². The molecule has 3 heterocycles. The topological polar surface area (TPSA) is 91.3 Å². The molecule has 1 aromatic heterocycles. The first kappa shape index (κ1) is 32.1. The van der Waals surface area contributed by atoms with Crippen LogP contribution < -0.4 is 19.4 Å². The van der Waals surface area contributed by atoms with Gasteiger partial charge in [0, 0.05) is 31.2 Å². The monoisotopic (exact) mass is 639 g/mol. The molecule has 0 saturated carbocycles. The first-order valence-electron chi connectivity index (χ1n) is 14.2. The van der Waals surface area contributed by atoms with Crippen LogP contribution in [0.1, 0.15) is 48.1 Å². The molecule has 1 fully saturated rings. The number of fused-ring (bicyclic) bond motifs is 1. The van der Waals surface area contributed by atoms with Crippen LogP contribution in [0.2, 0.25) is 0 Å². The molecule has 1 saturated heterocycles. The molecule has 242 valence electrons. The highest BCUT2D eigenvalue weighted by Gasteiger charge is 2.41. The van der Waals surface area contributed by atoms with Crippen molar-refractivity contribution in [3.05, 3.63) is 71.0 Å². The maximum Gasteiger partial charge on any atom is 0.416 e. The average molecular weight is 640 g/mol. The first-order valence-corrected chi connectivity index (χ1v) is 14.2. The lowest BCUT2D eigenvalue weighted by Crippen LogP contribution is -2.47. The minimum atomic E-state index is -5.03. The summed E-state index contributed by atoms with van der Waals surface area (Å²) in [6.45, 7) is 3.56. The molecule has 0 aliphatic carbocycles. The largest absolute Gasteiger partial charge is 0.497 e. The van der Waals surface area contributed by atoms with Gasteiger partial charge in [-0.1, -0.05) is 6.92 Å². The molecule has 2 atom stereocenters. The van der Waals surface area contributed by atoms with Gasteiger partial charge in [0.25, 0.3) is 0 Å². The van der Waals surface area contributed by atoms with Crippen molar-refractivity contribution in [1.82, 2.24) is 9.97 Å². The van der Waals surface area contributed by atoms with E-state index in [0.29, 0.717) is 67.5 Å². The number of alkyl halides is 6. The maximum atomic E-state index is 13.8. The number of benzene rings is 2. The van der Waals surface area contributed by atoms with Crippen molar-refractivity contribution in [1.29, 1.82) is 0 Å². The van der Waals surface area contributed by atoms with Crippen LogP contribution >= 0.6 is 0 Å². The van der Waals surface area contributed by atoms with E-state index in [4.69, 9.17) is 9.47 Å². The Morgan fingerprint density at radius 2 is 1.64 bits per heavy atom. The molecular formula is C30H31F6N5O4. The third-order valence-corrected chi connectivity index (χ3v) is 8.03. The van der Waals surface area contributed by atoms with Crippen LogP contribution in [0.5, 0.6) is 5.75 Å². The van der Waals surface area contributed by atoms with Gasteiger partial charge in [0.05, 0.1) is 61.3 Å². The Morgan fingerprint density at radius 1 is 1.02 bits per heavy atom. The Bertz CT molecular complexity index is 1480. The highest BCUT2D eigenvalue weighted by Crippen LogP contribution is 2.45. The van der Waals surface area contributed by atoms with Gasteiger partial charge in [-0.25, -0.2) is 14.8 Å². The van der Waals surface area contributed by atoms with Gasteiger partial charge in [0.2, 0.25) is 5.95 Å². The summed E-state index contributed by atoms with van der Waals surface area (Å²) < 4.78 is 93.4. The molecule has 2 aromatic carbocycles. The number of ether oxygens (including phenoxy) is 2. The van der Waals surface area contributed by atoms with Crippen molar-refractivity contribution in [2.45, 2.75) is 50.7 Å². The van der Waals surface area contributed by atoms with E-state index in [0.717, 1.165) is 0 Å². The van der Waals surface area contributed by atoms with Crippen molar-refractivity contribution in [2.24, 2.45) is 0 Å². The molecule has 0 unspecified atom stereocenters. The Kier molecular flexibility index (Phi) is 9.01. The molecule has 0 spiro atoms. The van der Waals surface area contributed by atoms with Gasteiger partial charge in [-0.3, -0.25) is 4.90 Å². The van der Waals surface area contributed by atoms with Crippen LogP contribution in [-0.2, 0) is 23.6 Å². The average Bonchev–Trinajstić information content (AvgIpc) is 3.02. The Morgan fingerprint density at radius 3 is 2.18 bits per heavy atom. The van der Waals surface area contributed by atoms with Gasteiger partial charge in [0.1, 0.15) is 5.75 Å². The normalized spacial score (nSPS) is 18.8. The molecule has 45 heavy (non-hydrogen) atoms. The smallest absolute Gasteiger partial charge is 0.416 e. The van der Waals surface area contributed by atoms with Crippen molar-refractivity contribution < 1.29 is 45.7 Å². The molecule has 2 aliphatic rings. The van der Waals surface area contributed by atoms with Gasteiger partial charge in [-0.2, -0.15) is 26.3 Å². The molecule has 1 amide bonds. The summed E-state index contributed by atoms with van der Waals surface area (Å²) in [6.07, 6.45) is -7.62. The summed E-state index contributed by atoms with van der Waals surface area (Å²) in [5.41, 5.74) is -1.70. The molecule has 5 rings (SSSR count). The lowest BCUT2D eigenvalue weighted by molar-refractivity contribution is -0.143. The summed E-state index contributed by atoms with van der Waals surface area (Å²) in [5.74, 6) is 0.441. The number of carboxylic acid groups (broad SMARTS) is 1. The fraction of sp³-hybridized carbons (Fsp3) is 0.433. The number of carbonyl (C=O) groups is 1. The first-order chi connectivity index (χ1) is 21.3. The standard InChI is InChI=1S/C30H31F6N5O4/c1-3-21-13-26(24-14-23(44-2)4-5-25(24)41(21)28(42)43)40(27-37-15-22(16-38-27)39-6-8-45-9-7-39)17-18-10-19(29(31,32)33)12-20(11-18)30(34,35)36/h4-5,10-12,14-16,21,26H,3,6-9,13,17H2,1-2H3,(H,42,43)/t21-,26+/m1/s1. The molecule has 15 heteroatoms. The molecule has 9 nitrogen and oxygen atoms in total. The second kappa shape index (κ2) is 12.6. The lowest BCUT2D eigenvalue weighted by Gasteiger charge is -2.43. The molecule has 1 N–H and O–H groups in total. The third kappa shape index (κ3) is 6.87. The van der Waals surface area contributed by atoms with Crippen molar-refractivity contribution >= 4 is 23.4 Å². The second-order valence-electron chi connectivity index (χ2n) is 10.8. The zero-order valence-electron chi connectivity index (χ0n) is 24.4. The van der Waals surface area contributed by atoms with Crippen LogP contribution in [0.15, 0.2) is 48.8 Å². The van der Waals surface area contributed by atoms with E-state index < -0.39 is 48.2 Å². The van der Waals surface area contributed by atoms with E-state index in [-0.39, 0.29) is 24.0 Å². The highest BCUT2D eigenvalue weighted by atomic mass is 19.4. The van der Waals surface area contributed by atoms with Gasteiger partial charge < -0.3 is 24.4 Å². The van der Waals surface area contributed by atoms with Gasteiger partial charge >= 0.3 is 18.4 Å². The number of amides is 1. The minimum Gasteiger partial charge on any atom is -0.497 e. The third-order valence-electron chi connectivity index (χ3n) is 8.03. The quantitative estimate of drug-likeness (QED) is 0.283. The van der Waals surface area contributed by atoms with E-state index in [9.17, 15) is 36.2 Å². The number of morpholine rings is 1. The number of nitrogens with zero attached hydrogens (tertiary/aromatic N) is 5. The van der Waals surface area contributed by atoms with Gasteiger partial charge in [-0.15, -0.1) is 0 Å². The fourth-order valence-electron chi connectivity index (χ4n) is 5.81. The lowest BCUT2D eigenvalue weighted by atomic mass is 9.88. The van der Waals surface area contributed by atoms with Gasteiger partial charge in [0.15, 0.2) is 0 Å². The van der Waals surface area contributed by atoms with Crippen molar-refractivity contribution in [3.63, 3.8) is 0 Å². The summed E-state index contributed by atoms with van der Waals surface area (Å²) in [5, 5.41) is 10.1. The summed E-state index contributed by atoms with van der Waals surface area (Å²) in [6, 6.07) is 4.92. The summed E-state index contributed by atoms with van der Waals surface area (Å²) >= 11 is 0.